The number of fused-ring (bicyclic) bond motifs is 1. The maximum atomic E-state index is 11.5. The fraction of sp³-hybridized carbons (Fsp3) is 0.318. The Labute approximate surface area is 174 Å². The van der Waals surface area contributed by atoms with Crippen LogP contribution in [0.3, 0.4) is 0 Å². The van der Waals surface area contributed by atoms with Crippen molar-refractivity contribution in [2.45, 2.75) is 45.8 Å². The van der Waals surface area contributed by atoms with E-state index in [2.05, 4.69) is 27.6 Å². The van der Waals surface area contributed by atoms with Gasteiger partial charge in [-0.15, -0.1) is 10.2 Å². The monoisotopic (exact) mass is 408 g/mol. The molecule has 4 rings (SSSR count). The molecule has 1 amide bonds. The van der Waals surface area contributed by atoms with Crippen LogP contribution in [0.5, 0.6) is 5.75 Å². The van der Waals surface area contributed by atoms with Gasteiger partial charge in [-0.05, 0) is 56.0 Å². The lowest BCUT2D eigenvalue weighted by Crippen LogP contribution is -2.24. The van der Waals surface area contributed by atoms with Crippen LogP contribution in [0, 0.1) is 0 Å². The molecule has 2 aromatic carbocycles. The summed E-state index contributed by atoms with van der Waals surface area (Å²) in [4.78, 5) is 11.5. The van der Waals surface area contributed by atoms with Gasteiger partial charge in [-0.2, -0.15) is 0 Å². The van der Waals surface area contributed by atoms with E-state index in [1.54, 1.807) is 18.3 Å². The second-order valence-corrected chi connectivity index (χ2v) is 8.47. The van der Waals surface area contributed by atoms with Crippen LogP contribution < -0.4 is 15.8 Å². The van der Waals surface area contributed by atoms with Gasteiger partial charge in [0.05, 0.1) is 17.8 Å². The Morgan fingerprint density at radius 2 is 2.03 bits per heavy atom. The number of nitrogen functional groups attached to an aromatic ring is 1. The molecule has 0 saturated heterocycles. The number of benzene rings is 2. The van der Waals surface area contributed by atoms with Gasteiger partial charge in [0, 0.05) is 18.1 Å². The van der Waals surface area contributed by atoms with Gasteiger partial charge in [0.15, 0.2) is 0 Å². The molecule has 1 aliphatic carbocycles. The minimum atomic E-state index is -0.00561. The zero-order chi connectivity index (χ0) is 20.5. The van der Waals surface area contributed by atoms with E-state index in [4.69, 9.17) is 10.5 Å². The van der Waals surface area contributed by atoms with Crippen LogP contribution in [0.25, 0.3) is 21.1 Å². The number of carbonyl (C=O) groups is 1. The first-order chi connectivity index (χ1) is 13.9. The summed E-state index contributed by atoms with van der Waals surface area (Å²) in [6, 6.07) is 12.0. The lowest BCUT2D eigenvalue weighted by molar-refractivity contribution is -0.119. The van der Waals surface area contributed by atoms with E-state index in [0.29, 0.717) is 11.4 Å². The normalized spacial score (nSPS) is 15.4. The molecular formula is C22H24N4O2S. The van der Waals surface area contributed by atoms with Crippen molar-refractivity contribution in [3.63, 3.8) is 0 Å². The van der Waals surface area contributed by atoms with Gasteiger partial charge in [-0.3, -0.25) is 4.79 Å². The average Bonchev–Trinajstić information content (AvgIpc) is 3.30. The van der Waals surface area contributed by atoms with E-state index >= 15 is 0 Å². The van der Waals surface area contributed by atoms with Crippen LogP contribution in [0.2, 0.25) is 0 Å². The summed E-state index contributed by atoms with van der Waals surface area (Å²) in [5, 5.41) is 13.6. The van der Waals surface area contributed by atoms with Gasteiger partial charge in [-0.25, -0.2) is 0 Å². The molecule has 6 nitrogen and oxygen atoms in total. The molecule has 1 aromatic heterocycles. The Bertz CT molecular complexity index is 1060. The van der Waals surface area contributed by atoms with E-state index in [1.807, 2.05) is 38.1 Å². The highest BCUT2D eigenvalue weighted by molar-refractivity contribution is 7.17. The Hall–Kier alpha value is -2.93. The Morgan fingerprint density at radius 1 is 1.24 bits per heavy atom. The second kappa shape index (κ2) is 7.83. The highest BCUT2D eigenvalue weighted by atomic mass is 32.1. The highest BCUT2D eigenvalue weighted by Crippen LogP contribution is 2.40. The number of ether oxygens (including phenoxy) is 1. The number of carbonyl (C=O) groups excluding carboxylic acids is 1. The molecule has 3 N–H and O–H groups in total. The molecule has 0 saturated carbocycles. The molecule has 1 heterocycles. The molecule has 1 aliphatic rings. The third kappa shape index (κ3) is 3.96. The molecule has 0 bridgehead atoms. The van der Waals surface area contributed by atoms with Crippen molar-refractivity contribution in [1.82, 2.24) is 15.5 Å². The van der Waals surface area contributed by atoms with E-state index in [0.717, 1.165) is 34.0 Å². The van der Waals surface area contributed by atoms with E-state index in [-0.39, 0.29) is 18.1 Å². The van der Waals surface area contributed by atoms with Crippen LogP contribution in [-0.2, 0) is 11.2 Å². The molecule has 1 atom stereocenters. The van der Waals surface area contributed by atoms with E-state index < -0.39 is 0 Å². The largest absolute Gasteiger partial charge is 0.489 e. The van der Waals surface area contributed by atoms with Gasteiger partial charge in [-0.1, -0.05) is 29.5 Å². The van der Waals surface area contributed by atoms with Crippen LogP contribution in [0.4, 0.5) is 5.69 Å². The first-order valence-electron chi connectivity index (χ1n) is 9.71. The highest BCUT2D eigenvalue weighted by Gasteiger charge is 2.26. The van der Waals surface area contributed by atoms with Crippen molar-refractivity contribution in [3.05, 3.63) is 47.5 Å². The molecule has 0 aliphatic heterocycles. The summed E-state index contributed by atoms with van der Waals surface area (Å²) in [5.74, 6) is 0.673. The maximum Gasteiger partial charge on any atom is 0.217 e. The number of nitrogens with two attached hydrogens (primary N) is 1. The number of anilines is 1. The summed E-state index contributed by atoms with van der Waals surface area (Å²) in [5.41, 5.74) is 11.2. The molecule has 7 heteroatoms. The van der Waals surface area contributed by atoms with Crippen LogP contribution in [-0.4, -0.2) is 22.2 Å². The third-order valence-corrected chi connectivity index (χ3v) is 5.93. The number of hydrogen-bond acceptors (Lipinski definition) is 6. The number of nitrogens with zero attached hydrogens (tertiary/aromatic N) is 2. The number of amides is 1. The predicted molar refractivity (Wildman–Crippen MR) is 116 cm³/mol. The summed E-state index contributed by atoms with van der Waals surface area (Å²) in [6.45, 7) is 5.50. The molecule has 0 radical (unpaired) electrons. The summed E-state index contributed by atoms with van der Waals surface area (Å²) < 4.78 is 5.71. The Kier molecular flexibility index (Phi) is 5.24. The fourth-order valence-electron chi connectivity index (χ4n) is 3.74. The Balaban J connectivity index is 1.63. The summed E-state index contributed by atoms with van der Waals surface area (Å²) in [7, 11) is 0. The molecule has 29 heavy (non-hydrogen) atoms. The van der Waals surface area contributed by atoms with Gasteiger partial charge >= 0.3 is 0 Å². The lowest BCUT2D eigenvalue weighted by atomic mass is 10.0. The zero-order valence-electron chi connectivity index (χ0n) is 16.7. The SMILES string of the molecule is CC(=O)N[C@@H]1CCc2c(-c3nnc(-c4ccc(OC(C)C)c(N)c4)s3)cccc21. The quantitative estimate of drug-likeness (QED) is 0.612. The number of nitrogens with one attached hydrogen (secondary N) is 1. The Morgan fingerprint density at radius 3 is 2.76 bits per heavy atom. The van der Waals surface area contributed by atoms with E-state index in [9.17, 15) is 4.79 Å². The minimum Gasteiger partial charge on any atom is -0.489 e. The molecule has 150 valence electrons. The van der Waals surface area contributed by atoms with Crippen LogP contribution in [0.1, 0.15) is 44.4 Å². The summed E-state index contributed by atoms with van der Waals surface area (Å²) in [6.07, 6.45) is 1.89. The molecular weight excluding hydrogens is 384 g/mol. The smallest absolute Gasteiger partial charge is 0.217 e. The standard InChI is InChI=1S/C22H24N4O2S/c1-12(2)28-20-10-7-14(11-18(20)23)21-25-26-22(29-21)17-6-4-5-16-15(17)8-9-19(16)24-13(3)27/h4-7,10-12,19H,8-9,23H2,1-3H3,(H,24,27)/t19-/m1/s1. The summed E-state index contributed by atoms with van der Waals surface area (Å²) >= 11 is 1.54. The molecule has 0 fully saturated rings. The maximum absolute atomic E-state index is 11.5. The van der Waals surface area contributed by atoms with Crippen molar-refractivity contribution in [2.75, 3.05) is 5.73 Å². The topological polar surface area (TPSA) is 90.1 Å². The van der Waals surface area contributed by atoms with Crippen molar-refractivity contribution in [3.8, 4) is 26.9 Å². The molecule has 0 unspecified atom stereocenters. The fourth-order valence-corrected chi connectivity index (χ4v) is 4.63. The first-order valence-corrected chi connectivity index (χ1v) is 10.5. The average molecular weight is 409 g/mol. The number of aromatic nitrogens is 2. The minimum absolute atomic E-state index is 0.00561. The number of hydrogen-bond donors (Lipinski definition) is 2. The second-order valence-electron chi connectivity index (χ2n) is 7.50. The zero-order valence-corrected chi connectivity index (χ0v) is 17.5. The van der Waals surface area contributed by atoms with Gasteiger partial charge < -0.3 is 15.8 Å². The van der Waals surface area contributed by atoms with Crippen LogP contribution >= 0.6 is 11.3 Å². The predicted octanol–water partition coefficient (Wildman–Crippen LogP) is 4.36. The van der Waals surface area contributed by atoms with Gasteiger partial charge in [0.2, 0.25) is 5.91 Å². The van der Waals surface area contributed by atoms with Crippen molar-refractivity contribution >= 4 is 22.9 Å². The number of rotatable bonds is 5. The van der Waals surface area contributed by atoms with Crippen molar-refractivity contribution in [1.29, 1.82) is 0 Å². The van der Waals surface area contributed by atoms with Crippen LogP contribution in [0.15, 0.2) is 36.4 Å². The first kappa shape index (κ1) is 19.4. The third-order valence-electron chi connectivity index (χ3n) is 4.92. The van der Waals surface area contributed by atoms with E-state index in [1.165, 1.54) is 11.1 Å². The van der Waals surface area contributed by atoms with Crippen molar-refractivity contribution < 1.29 is 9.53 Å². The molecule has 3 aromatic rings. The van der Waals surface area contributed by atoms with Gasteiger partial charge in [0.1, 0.15) is 15.8 Å². The van der Waals surface area contributed by atoms with Gasteiger partial charge in [0.25, 0.3) is 0 Å². The van der Waals surface area contributed by atoms with Crippen molar-refractivity contribution in [2.24, 2.45) is 0 Å². The molecule has 0 spiro atoms. The lowest BCUT2D eigenvalue weighted by Gasteiger charge is -2.13.